The molecule has 0 aliphatic carbocycles. The van der Waals surface area contributed by atoms with E-state index in [0.29, 0.717) is 10.9 Å². The summed E-state index contributed by atoms with van der Waals surface area (Å²) >= 11 is 5.00. The van der Waals surface area contributed by atoms with E-state index in [2.05, 4.69) is 20.9 Å². The van der Waals surface area contributed by atoms with Gasteiger partial charge >= 0.3 is 5.69 Å². The van der Waals surface area contributed by atoms with Gasteiger partial charge in [0.15, 0.2) is 0 Å². The molecule has 98 valence electrons. The summed E-state index contributed by atoms with van der Waals surface area (Å²) in [4.78, 5) is 28.4. The second kappa shape index (κ2) is 4.10. The van der Waals surface area contributed by atoms with Gasteiger partial charge in [-0.1, -0.05) is 33.8 Å². The minimum absolute atomic E-state index is 0.343. The topological polar surface area (TPSA) is 54.9 Å². The number of halogens is 1. The molecule has 1 N–H and O–H groups in total. The number of nitrogens with one attached hydrogen (secondary N) is 1. The zero-order valence-corrected chi connectivity index (χ0v) is 12.4. The molecule has 0 spiro atoms. The maximum absolute atomic E-state index is 12.2. The first kappa shape index (κ1) is 12.0. The number of hydrogen-bond donors (Lipinski definition) is 1. The molecular formula is C14H7BrN2O2S. The quantitative estimate of drug-likeness (QED) is 0.532. The van der Waals surface area contributed by atoms with Gasteiger partial charge in [0.1, 0.15) is 0 Å². The summed E-state index contributed by atoms with van der Waals surface area (Å²) in [7, 11) is 0. The van der Waals surface area contributed by atoms with E-state index in [-0.39, 0.29) is 5.56 Å². The largest absolute Gasteiger partial charge is 0.333 e. The Morgan fingerprint density at radius 1 is 1.10 bits per heavy atom. The lowest BCUT2D eigenvalue weighted by atomic mass is 10.2. The average Bonchev–Trinajstić information content (AvgIpc) is 2.42. The fraction of sp³-hybridized carbons (Fsp3) is 0. The highest BCUT2D eigenvalue weighted by atomic mass is 79.9. The van der Waals surface area contributed by atoms with Gasteiger partial charge in [0.25, 0.3) is 5.56 Å². The molecule has 4 rings (SSSR count). The lowest BCUT2D eigenvalue weighted by molar-refractivity contribution is 0.908. The maximum Gasteiger partial charge on any atom is 0.333 e. The van der Waals surface area contributed by atoms with Crippen molar-refractivity contribution in [1.29, 1.82) is 0 Å². The van der Waals surface area contributed by atoms with E-state index in [0.717, 1.165) is 20.0 Å². The van der Waals surface area contributed by atoms with E-state index in [4.69, 9.17) is 0 Å². The SMILES string of the molecule is O=c1[nH]c(=O)n2c3c(cccc13)Sc1cc(Br)ccc1-2. The molecule has 1 aliphatic heterocycles. The Balaban J connectivity index is 2.28. The minimum Gasteiger partial charge on any atom is -0.273 e. The first-order valence-corrected chi connectivity index (χ1v) is 7.52. The van der Waals surface area contributed by atoms with Gasteiger partial charge in [-0.15, -0.1) is 0 Å². The van der Waals surface area contributed by atoms with Crippen molar-refractivity contribution in [3.05, 3.63) is 61.7 Å². The Morgan fingerprint density at radius 2 is 1.95 bits per heavy atom. The number of hydrogen-bond acceptors (Lipinski definition) is 3. The predicted molar refractivity (Wildman–Crippen MR) is 82.0 cm³/mol. The standard InChI is InChI=1S/C14H7BrN2O2S/c15-7-4-5-9-11(6-7)20-10-3-1-2-8-12(10)17(9)14(19)16-13(8)18/h1-6H,(H,16,18,19). The summed E-state index contributed by atoms with van der Waals surface area (Å²) in [5.41, 5.74) is 0.729. The van der Waals surface area contributed by atoms with Crippen LogP contribution in [0.15, 0.2) is 60.3 Å². The molecule has 20 heavy (non-hydrogen) atoms. The third-order valence-corrected chi connectivity index (χ3v) is 4.86. The number of para-hydroxylation sites is 1. The molecule has 0 fully saturated rings. The number of aromatic nitrogens is 2. The van der Waals surface area contributed by atoms with Crippen LogP contribution in [0.25, 0.3) is 16.6 Å². The highest BCUT2D eigenvalue weighted by Gasteiger charge is 2.21. The van der Waals surface area contributed by atoms with Crippen LogP contribution >= 0.6 is 27.7 Å². The van der Waals surface area contributed by atoms with Crippen LogP contribution in [0.4, 0.5) is 0 Å². The van der Waals surface area contributed by atoms with E-state index in [1.807, 2.05) is 30.3 Å². The number of rotatable bonds is 0. The first-order chi connectivity index (χ1) is 9.65. The molecule has 1 aromatic heterocycles. The Morgan fingerprint density at radius 3 is 2.80 bits per heavy atom. The zero-order chi connectivity index (χ0) is 13.9. The van der Waals surface area contributed by atoms with Crippen LogP contribution in [0.5, 0.6) is 0 Å². The van der Waals surface area contributed by atoms with Crippen molar-refractivity contribution in [2.24, 2.45) is 0 Å². The van der Waals surface area contributed by atoms with Crippen molar-refractivity contribution in [3.8, 4) is 5.69 Å². The molecule has 0 radical (unpaired) electrons. The Kier molecular flexibility index (Phi) is 2.46. The number of benzene rings is 2. The zero-order valence-electron chi connectivity index (χ0n) is 10.0. The minimum atomic E-state index is -0.404. The van der Waals surface area contributed by atoms with Crippen molar-refractivity contribution in [2.45, 2.75) is 9.79 Å². The van der Waals surface area contributed by atoms with E-state index in [1.54, 1.807) is 22.4 Å². The van der Waals surface area contributed by atoms with Crippen molar-refractivity contribution in [3.63, 3.8) is 0 Å². The molecule has 0 saturated heterocycles. The predicted octanol–water partition coefficient (Wildman–Crippen LogP) is 2.91. The summed E-state index contributed by atoms with van der Waals surface area (Å²) in [6, 6.07) is 11.2. The second-order valence-corrected chi connectivity index (χ2v) is 6.46. The molecule has 0 amide bonds. The molecule has 6 heteroatoms. The van der Waals surface area contributed by atoms with Gasteiger partial charge < -0.3 is 0 Å². The van der Waals surface area contributed by atoms with Crippen molar-refractivity contribution >= 4 is 38.6 Å². The Bertz CT molecular complexity index is 991. The summed E-state index contributed by atoms with van der Waals surface area (Å²) in [5, 5.41) is 0.531. The monoisotopic (exact) mass is 346 g/mol. The molecule has 2 aromatic carbocycles. The van der Waals surface area contributed by atoms with Gasteiger partial charge in [-0.05, 0) is 30.3 Å². The molecule has 2 heterocycles. The summed E-state index contributed by atoms with van der Waals surface area (Å²) in [6.07, 6.45) is 0. The number of aromatic amines is 1. The third-order valence-electron chi connectivity index (χ3n) is 3.27. The lowest BCUT2D eigenvalue weighted by Gasteiger charge is -2.21. The fourth-order valence-corrected chi connectivity index (χ4v) is 4.09. The van der Waals surface area contributed by atoms with Gasteiger partial charge in [-0.25, -0.2) is 4.79 Å². The summed E-state index contributed by atoms with van der Waals surface area (Å²) in [6.45, 7) is 0. The van der Waals surface area contributed by atoms with Gasteiger partial charge in [0, 0.05) is 14.3 Å². The van der Waals surface area contributed by atoms with Gasteiger partial charge in [0.05, 0.1) is 16.6 Å². The van der Waals surface area contributed by atoms with E-state index >= 15 is 0 Å². The normalized spacial score (nSPS) is 12.4. The highest BCUT2D eigenvalue weighted by Crippen LogP contribution is 2.41. The van der Waals surface area contributed by atoms with Crippen molar-refractivity contribution in [1.82, 2.24) is 9.55 Å². The summed E-state index contributed by atoms with van der Waals surface area (Å²) < 4.78 is 2.53. The van der Waals surface area contributed by atoms with Crippen LogP contribution in [0.1, 0.15) is 0 Å². The molecule has 4 nitrogen and oxygen atoms in total. The maximum atomic E-state index is 12.2. The molecule has 0 bridgehead atoms. The molecular weight excluding hydrogens is 340 g/mol. The van der Waals surface area contributed by atoms with Gasteiger partial charge in [0.2, 0.25) is 0 Å². The van der Waals surface area contributed by atoms with Crippen LogP contribution in [0, 0.1) is 0 Å². The van der Waals surface area contributed by atoms with E-state index in [1.165, 1.54) is 0 Å². The molecule has 1 aliphatic rings. The summed E-state index contributed by atoms with van der Waals surface area (Å²) in [5.74, 6) is 0. The van der Waals surface area contributed by atoms with Crippen LogP contribution in [-0.4, -0.2) is 9.55 Å². The lowest BCUT2D eigenvalue weighted by Crippen LogP contribution is -2.30. The number of fused-ring (bicyclic) bond motifs is 2. The Hall–Kier alpha value is -1.79. The number of H-pyrrole nitrogens is 1. The van der Waals surface area contributed by atoms with Crippen LogP contribution in [-0.2, 0) is 0 Å². The first-order valence-electron chi connectivity index (χ1n) is 5.91. The molecule has 0 unspecified atom stereocenters. The molecule has 0 saturated carbocycles. The molecule has 0 atom stereocenters. The highest BCUT2D eigenvalue weighted by molar-refractivity contribution is 9.10. The van der Waals surface area contributed by atoms with Crippen LogP contribution in [0.3, 0.4) is 0 Å². The second-order valence-electron chi connectivity index (χ2n) is 4.46. The fourth-order valence-electron chi connectivity index (χ4n) is 2.44. The van der Waals surface area contributed by atoms with Gasteiger partial charge in [-0.3, -0.25) is 14.3 Å². The average molecular weight is 347 g/mol. The van der Waals surface area contributed by atoms with Gasteiger partial charge in [-0.2, -0.15) is 0 Å². The van der Waals surface area contributed by atoms with Crippen LogP contribution in [0.2, 0.25) is 0 Å². The number of nitrogens with zero attached hydrogens (tertiary/aromatic N) is 1. The van der Waals surface area contributed by atoms with Crippen molar-refractivity contribution < 1.29 is 0 Å². The van der Waals surface area contributed by atoms with E-state index < -0.39 is 5.69 Å². The third kappa shape index (κ3) is 1.55. The Labute approximate surface area is 125 Å². The van der Waals surface area contributed by atoms with Crippen LogP contribution < -0.4 is 11.2 Å². The smallest absolute Gasteiger partial charge is 0.273 e. The van der Waals surface area contributed by atoms with Crippen molar-refractivity contribution in [2.75, 3.05) is 0 Å². The van der Waals surface area contributed by atoms with E-state index in [9.17, 15) is 9.59 Å². The molecule has 3 aromatic rings.